The van der Waals surface area contributed by atoms with Crippen molar-refractivity contribution in [1.29, 1.82) is 0 Å². The average Bonchev–Trinajstić information content (AvgIpc) is 3.50. The molecule has 6 nitrogen and oxygen atoms in total. The van der Waals surface area contributed by atoms with Crippen LogP contribution in [0.25, 0.3) is 11.1 Å². The fourth-order valence-corrected chi connectivity index (χ4v) is 5.40. The SMILES string of the molecule is O=C(c1nccs1)N1CCN(C2CC(=O)N(c3ccc(F)c(-c4ccc(F)cc4Cl)c3)C2)CC1. The number of nitrogens with zero attached hydrogens (tertiary/aromatic N) is 4. The van der Waals surface area contributed by atoms with E-state index in [1.165, 1.54) is 29.5 Å². The topological polar surface area (TPSA) is 56.8 Å². The Hall–Kier alpha value is -2.88. The summed E-state index contributed by atoms with van der Waals surface area (Å²) in [6, 6.07) is 8.25. The van der Waals surface area contributed by atoms with Gasteiger partial charge in [0.1, 0.15) is 11.6 Å². The zero-order chi connectivity index (χ0) is 23.8. The fourth-order valence-electron chi connectivity index (χ4n) is 4.53. The molecule has 0 bridgehead atoms. The number of rotatable bonds is 4. The van der Waals surface area contributed by atoms with Crippen LogP contribution in [0.4, 0.5) is 14.5 Å². The summed E-state index contributed by atoms with van der Waals surface area (Å²) in [5.41, 5.74) is 1.15. The first-order valence-electron chi connectivity index (χ1n) is 10.9. The Morgan fingerprint density at radius 3 is 2.56 bits per heavy atom. The molecule has 0 aliphatic carbocycles. The molecule has 0 N–H and O–H groups in total. The van der Waals surface area contributed by atoms with Gasteiger partial charge in [-0.2, -0.15) is 0 Å². The van der Waals surface area contributed by atoms with E-state index in [1.807, 2.05) is 0 Å². The highest BCUT2D eigenvalue weighted by molar-refractivity contribution is 7.11. The van der Waals surface area contributed by atoms with Gasteiger partial charge in [0.25, 0.3) is 5.91 Å². The number of thiazole rings is 1. The van der Waals surface area contributed by atoms with Gasteiger partial charge in [-0.1, -0.05) is 11.6 Å². The lowest BCUT2D eigenvalue weighted by molar-refractivity contribution is -0.117. The predicted octanol–water partition coefficient (Wildman–Crippen LogP) is 4.31. The van der Waals surface area contributed by atoms with Gasteiger partial charge in [0.05, 0.1) is 5.02 Å². The van der Waals surface area contributed by atoms with Gasteiger partial charge in [-0.05, 0) is 36.4 Å². The molecule has 2 aliphatic heterocycles. The van der Waals surface area contributed by atoms with E-state index in [9.17, 15) is 18.4 Å². The van der Waals surface area contributed by atoms with E-state index in [-0.39, 0.29) is 28.4 Å². The van der Waals surface area contributed by atoms with Crippen LogP contribution in [0.5, 0.6) is 0 Å². The predicted molar refractivity (Wildman–Crippen MR) is 127 cm³/mol. The van der Waals surface area contributed by atoms with Gasteiger partial charge in [-0.3, -0.25) is 14.5 Å². The van der Waals surface area contributed by atoms with E-state index in [2.05, 4.69) is 9.88 Å². The lowest BCUT2D eigenvalue weighted by Crippen LogP contribution is -2.52. The van der Waals surface area contributed by atoms with Crippen molar-refractivity contribution in [3.05, 3.63) is 69.6 Å². The van der Waals surface area contributed by atoms with Crippen LogP contribution < -0.4 is 4.90 Å². The second kappa shape index (κ2) is 9.40. The van der Waals surface area contributed by atoms with Gasteiger partial charge in [-0.25, -0.2) is 13.8 Å². The third kappa shape index (κ3) is 4.43. The van der Waals surface area contributed by atoms with Crippen LogP contribution in [0.15, 0.2) is 48.0 Å². The summed E-state index contributed by atoms with van der Waals surface area (Å²) < 4.78 is 28.0. The van der Waals surface area contributed by atoms with Crippen LogP contribution >= 0.6 is 22.9 Å². The van der Waals surface area contributed by atoms with Crippen molar-refractivity contribution in [2.45, 2.75) is 12.5 Å². The lowest BCUT2D eigenvalue weighted by Gasteiger charge is -2.37. The van der Waals surface area contributed by atoms with Crippen molar-refractivity contribution in [3.8, 4) is 11.1 Å². The second-order valence-corrected chi connectivity index (χ2v) is 9.62. The fraction of sp³-hybridized carbons (Fsp3) is 0.292. The zero-order valence-corrected chi connectivity index (χ0v) is 19.7. The summed E-state index contributed by atoms with van der Waals surface area (Å²) in [7, 11) is 0. The van der Waals surface area contributed by atoms with Crippen molar-refractivity contribution in [2.75, 3.05) is 37.6 Å². The maximum absolute atomic E-state index is 14.6. The number of carbonyl (C=O) groups excluding carboxylic acids is 2. The molecule has 1 unspecified atom stereocenters. The van der Waals surface area contributed by atoms with Crippen molar-refractivity contribution in [1.82, 2.24) is 14.8 Å². The monoisotopic (exact) mass is 502 g/mol. The number of aromatic nitrogens is 1. The minimum atomic E-state index is -0.503. The minimum Gasteiger partial charge on any atom is -0.334 e. The summed E-state index contributed by atoms with van der Waals surface area (Å²) in [5, 5.41) is 2.38. The summed E-state index contributed by atoms with van der Waals surface area (Å²) in [6.45, 7) is 2.97. The van der Waals surface area contributed by atoms with Crippen LogP contribution in [0.3, 0.4) is 0 Å². The number of hydrogen-bond acceptors (Lipinski definition) is 5. The first-order chi connectivity index (χ1) is 16.4. The molecule has 2 aliphatic rings. The first kappa shape index (κ1) is 22.9. The van der Waals surface area contributed by atoms with Crippen LogP contribution in [-0.4, -0.2) is 65.4 Å². The van der Waals surface area contributed by atoms with Crippen molar-refractivity contribution >= 4 is 40.4 Å². The Morgan fingerprint density at radius 1 is 1.06 bits per heavy atom. The van der Waals surface area contributed by atoms with Gasteiger partial charge in [0.2, 0.25) is 5.91 Å². The Morgan fingerprint density at radius 2 is 1.85 bits per heavy atom. The molecule has 1 aromatic heterocycles. The summed E-state index contributed by atoms with van der Waals surface area (Å²) in [6.07, 6.45) is 1.97. The highest BCUT2D eigenvalue weighted by Gasteiger charge is 2.36. The van der Waals surface area contributed by atoms with E-state index in [0.29, 0.717) is 55.4 Å². The molecule has 0 radical (unpaired) electrons. The number of benzene rings is 2. The third-order valence-corrected chi connectivity index (χ3v) is 7.39. The number of hydrogen-bond donors (Lipinski definition) is 0. The van der Waals surface area contributed by atoms with E-state index < -0.39 is 11.6 Å². The van der Waals surface area contributed by atoms with Crippen molar-refractivity contribution < 1.29 is 18.4 Å². The molecule has 5 rings (SSSR count). The zero-order valence-electron chi connectivity index (χ0n) is 18.1. The number of anilines is 1. The molecular weight excluding hydrogens is 482 g/mol. The maximum atomic E-state index is 14.6. The van der Waals surface area contributed by atoms with Gasteiger partial charge in [0, 0.05) is 73.6 Å². The highest BCUT2D eigenvalue weighted by Crippen LogP contribution is 2.34. The Bertz CT molecular complexity index is 1230. The molecule has 2 aromatic carbocycles. The van der Waals surface area contributed by atoms with E-state index in [1.54, 1.807) is 33.5 Å². The van der Waals surface area contributed by atoms with Gasteiger partial charge in [-0.15, -0.1) is 11.3 Å². The van der Waals surface area contributed by atoms with E-state index >= 15 is 0 Å². The Labute approximate surface area is 204 Å². The standard InChI is InChI=1S/C24H21ClF2N4O2S/c25-20-11-15(26)1-3-18(20)19-12-16(2-4-21(19)27)31-14-17(13-22(31)32)29-6-8-30(9-7-29)24(33)23-28-5-10-34-23/h1-5,10-12,17H,6-9,13-14H2. The molecule has 34 heavy (non-hydrogen) atoms. The number of halogens is 3. The number of piperazine rings is 1. The number of carbonyl (C=O) groups is 2. The minimum absolute atomic E-state index is 0.00697. The Balaban J connectivity index is 1.28. The largest absolute Gasteiger partial charge is 0.334 e. The summed E-state index contributed by atoms with van der Waals surface area (Å²) in [5.74, 6) is -1.11. The molecule has 10 heteroatoms. The molecule has 176 valence electrons. The van der Waals surface area contributed by atoms with Crippen LogP contribution in [0.1, 0.15) is 16.2 Å². The molecule has 0 spiro atoms. The average molecular weight is 503 g/mol. The molecular formula is C24H21ClF2N4O2S. The molecule has 0 saturated carbocycles. The molecule has 2 saturated heterocycles. The smallest absolute Gasteiger partial charge is 0.282 e. The van der Waals surface area contributed by atoms with Gasteiger partial charge in [0.15, 0.2) is 5.01 Å². The van der Waals surface area contributed by atoms with Crippen LogP contribution in [0.2, 0.25) is 5.02 Å². The van der Waals surface area contributed by atoms with Crippen molar-refractivity contribution in [3.63, 3.8) is 0 Å². The molecule has 2 fully saturated rings. The summed E-state index contributed by atoms with van der Waals surface area (Å²) >= 11 is 7.47. The first-order valence-corrected chi connectivity index (χ1v) is 12.1. The third-order valence-electron chi connectivity index (χ3n) is 6.32. The van der Waals surface area contributed by atoms with E-state index in [4.69, 9.17) is 11.6 Å². The van der Waals surface area contributed by atoms with Gasteiger partial charge < -0.3 is 9.80 Å². The maximum Gasteiger partial charge on any atom is 0.282 e. The second-order valence-electron chi connectivity index (χ2n) is 8.32. The quantitative estimate of drug-likeness (QED) is 0.533. The normalized spacial score (nSPS) is 19.1. The highest BCUT2D eigenvalue weighted by atomic mass is 35.5. The van der Waals surface area contributed by atoms with Crippen LogP contribution in [0, 0.1) is 11.6 Å². The Kier molecular flexibility index (Phi) is 6.33. The molecule has 3 aromatic rings. The van der Waals surface area contributed by atoms with Crippen LogP contribution in [-0.2, 0) is 4.79 Å². The molecule has 1 atom stereocenters. The van der Waals surface area contributed by atoms with Gasteiger partial charge >= 0.3 is 0 Å². The van der Waals surface area contributed by atoms with E-state index in [0.717, 1.165) is 6.07 Å². The summed E-state index contributed by atoms with van der Waals surface area (Å²) in [4.78, 5) is 35.2. The molecule has 2 amide bonds. The van der Waals surface area contributed by atoms with Crippen molar-refractivity contribution in [2.24, 2.45) is 0 Å². The number of amides is 2. The lowest BCUT2D eigenvalue weighted by atomic mass is 10.0. The molecule has 3 heterocycles.